The summed E-state index contributed by atoms with van der Waals surface area (Å²) in [5.41, 5.74) is 2.11. The van der Waals surface area contributed by atoms with Gasteiger partial charge in [0.2, 0.25) is 5.91 Å². The van der Waals surface area contributed by atoms with Crippen LogP contribution in [0.15, 0.2) is 18.2 Å². The van der Waals surface area contributed by atoms with E-state index in [1.165, 1.54) is 12.8 Å². The number of anilines is 1. The molecule has 176 valence electrons. The fourth-order valence-electron chi connectivity index (χ4n) is 4.34. The van der Waals surface area contributed by atoms with Gasteiger partial charge in [-0.1, -0.05) is 13.8 Å². The van der Waals surface area contributed by atoms with Crippen LogP contribution in [0.3, 0.4) is 0 Å². The minimum absolute atomic E-state index is 0.196. The van der Waals surface area contributed by atoms with E-state index in [1.807, 2.05) is 38.7 Å². The van der Waals surface area contributed by atoms with Crippen molar-refractivity contribution in [1.29, 1.82) is 0 Å². The maximum absolute atomic E-state index is 12.8. The number of amides is 1. The Hall–Kier alpha value is -2.28. The van der Waals surface area contributed by atoms with Crippen LogP contribution in [-0.2, 0) is 11.2 Å². The molecule has 0 bridgehead atoms. The monoisotopic (exact) mass is 459 g/mol. The molecular formula is C25H37N3O3S. The van der Waals surface area contributed by atoms with Crippen LogP contribution in [0.1, 0.15) is 55.1 Å². The molecular weight excluding hydrogens is 422 g/mol. The summed E-state index contributed by atoms with van der Waals surface area (Å²) >= 11 is 1.63. The molecule has 32 heavy (non-hydrogen) atoms. The highest BCUT2D eigenvalue weighted by Gasteiger charge is 2.24. The summed E-state index contributed by atoms with van der Waals surface area (Å²) in [5.74, 6) is 1.81. The van der Waals surface area contributed by atoms with Crippen LogP contribution in [-0.4, -0.2) is 55.2 Å². The first kappa shape index (κ1) is 24.4. The molecule has 0 radical (unpaired) electrons. The van der Waals surface area contributed by atoms with Crippen molar-refractivity contribution in [3.8, 4) is 11.5 Å². The second-order valence-electron chi connectivity index (χ2n) is 8.15. The zero-order valence-corrected chi connectivity index (χ0v) is 21.0. The molecule has 2 aromatic rings. The van der Waals surface area contributed by atoms with Crippen molar-refractivity contribution < 1.29 is 14.3 Å². The molecule has 2 fully saturated rings. The van der Waals surface area contributed by atoms with Gasteiger partial charge in [0.25, 0.3) is 0 Å². The number of carbonyl (C=O) groups is 1. The highest BCUT2D eigenvalue weighted by atomic mass is 32.1. The zero-order chi connectivity index (χ0) is 23.1. The second kappa shape index (κ2) is 11.5. The van der Waals surface area contributed by atoms with Gasteiger partial charge < -0.3 is 19.3 Å². The summed E-state index contributed by atoms with van der Waals surface area (Å²) in [4.78, 5) is 22.6. The van der Waals surface area contributed by atoms with Crippen LogP contribution >= 0.6 is 11.3 Å². The highest BCUT2D eigenvalue weighted by Crippen LogP contribution is 2.35. The topological polar surface area (TPSA) is 54.9 Å². The molecule has 0 spiro atoms. The first-order valence-corrected chi connectivity index (χ1v) is 12.7. The summed E-state index contributed by atoms with van der Waals surface area (Å²) in [5, 5.41) is 1.02. The predicted octanol–water partition coefficient (Wildman–Crippen LogP) is 5.01. The Kier molecular flexibility index (Phi) is 8.79. The Morgan fingerprint density at radius 1 is 1.09 bits per heavy atom. The number of aryl methyl sites for hydroxylation is 2. The molecule has 1 aliphatic carbocycles. The van der Waals surface area contributed by atoms with Crippen molar-refractivity contribution in [3.63, 3.8) is 0 Å². The molecule has 4 rings (SSSR count). The van der Waals surface area contributed by atoms with Crippen molar-refractivity contribution in [1.82, 2.24) is 9.88 Å². The fourth-order valence-corrected chi connectivity index (χ4v) is 5.27. The van der Waals surface area contributed by atoms with Gasteiger partial charge in [0.05, 0.1) is 30.3 Å². The van der Waals surface area contributed by atoms with Crippen molar-refractivity contribution in [2.45, 2.75) is 65.9 Å². The number of carbonyl (C=O) groups excluding carboxylic acids is 1. The molecule has 6 nitrogen and oxygen atoms in total. The minimum Gasteiger partial charge on any atom is -0.493 e. The Balaban J connectivity index is 0.00000141. The van der Waals surface area contributed by atoms with Crippen LogP contribution in [0.2, 0.25) is 0 Å². The van der Waals surface area contributed by atoms with Crippen LogP contribution in [0.5, 0.6) is 11.5 Å². The number of hydrogen-bond donors (Lipinski definition) is 0. The van der Waals surface area contributed by atoms with Gasteiger partial charge in [-0.15, -0.1) is 11.3 Å². The van der Waals surface area contributed by atoms with Crippen LogP contribution < -0.4 is 14.4 Å². The number of methoxy groups -OCH3 is 1. The van der Waals surface area contributed by atoms with E-state index in [4.69, 9.17) is 9.47 Å². The molecule has 2 aliphatic rings. The molecule has 0 N–H and O–H groups in total. The van der Waals surface area contributed by atoms with E-state index < -0.39 is 0 Å². The standard InChI is InChI=1S/C23H31N3O3S.C2H6/c1-16-22(30-17(2)24-16)15-23(27)26-12-10-25(11-13-26)18-8-9-20(28-3)21(14-18)29-19-6-4-5-7-19;1-2/h8-9,14,19H,4-7,10-13,15H2,1-3H3;1-2H3. The summed E-state index contributed by atoms with van der Waals surface area (Å²) in [6.45, 7) is 11.1. The van der Waals surface area contributed by atoms with E-state index in [9.17, 15) is 4.79 Å². The number of thiazole rings is 1. The number of piperazine rings is 1. The molecule has 0 atom stereocenters. The molecule has 7 heteroatoms. The first-order chi connectivity index (χ1) is 15.5. The smallest absolute Gasteiger partial charge is 0.228 e. The molecule has 1 aliphatic heterocycles. The van der Waals surface area contributed by atoms with Crippen molar-refractivity contribution in [2.24, 2.45) is 0 Å². The minimum atomic E-state index is 0.196. The van der Waals surface area contributed by atoms with Gasteiger partial charge in [0.1, 0.15) is 0 Å². The maximum atomic E-state index is 12.8. The van der Waals surface area contributed by atoms with Crippen LogP contribution in [0, 0.1) is 13.8 Å². The number of rotatable bonds is 6. The van der Waals surface area contributed by atoms with Gasteiger partial charge in [0.15, 0.2) is 11.5 Å². The van der Waals surface area contributed by atoms with Crippen LogP contribution in [0.25, 0.3) is 0 Å². The molecule has 1 aromatic heterocycles. The SMILES string of the molecule is CC.COc1ccc(N2CCN(C(=O)Cc3sc(C)nc3C)CC2)cc1OC1CCCC1. The van der Waals surface area contributed by atoms with Crippen LogP contribution in [0.4, 0.5) is 5.69 Å². The predicted molar refractivity (Wildman–Crippen MR) is 131 cm³/mol. The van der Waals surface area contributed by atoms with Gasteiger partial charge in [-0.3, -0.25) is 4.79 Å². The maximum Gasteiger partial charge on any atom is 0.228 e. The number of aromatic nitrogens is 1. The quantitative estimate of drug-likeness (QED) is 0.608. The molecule has 0 unspecified atom stereocenters. The highest BCUT2D eigenvalue weighted by molar-refractivity contribution is 7.11. The van der Waals surface area contributed by atoms with Gasteiger partial charge in [0, 0.05) is 42.8 Å². The third kappa shape index (κ3) is 5.94. The Bertz CT molecular complexity index is 885. The summed E-state index contributed by atoms with van der Waals surface area (Å²) in [7, 11) is 1.69. The largest absolute Gasteiger partial charge is 0.493 e. The first-order valence-electron chi connectivity index (χ1n) is 11.8. The van der Waals surface area contributed by atoms with Gasteiger partial charge in [-0.25, -0.2) is 4.98 Å². The van der Waals surface area contributed by atoms with E-state index in [1.54, 1.807) is 18.4 Å². The zero-order valence-electron chi connectivity index (χ0n) is 20.1. The van der Waals surface area contributed by atoms with E-state index >= 15 is 0 Å². The molecule has 2 heterocycles. The number of hydrogen-bond acceptors (Lipinski definition) is 6. The average Bonchev–Trinajstić information content (AvgIpc) is 3.44. The second-order valence-corrected chi connectivity index (χ2v) is 9.43. The summed E-state index contributed by atoms with van der Waals surface area (Å²) in [6.07, 6.45) is 5.47. The van der Waals surface area contributed by atoms with Crippen molar-refractivity contribution in [2.75, 3.05) is 38.2 Å². The van der Waals surface area contributed by atoms with E-state index in [-0.39, 0.29) is 5.91 Å². The van der Waals surface area contributed by atoms with E-state index in [0.717, 1.165) is 71.8 Å². The Morgan fingerprint density at radius 3 is 2.38 bits per heavy atom. The van der Waals surface area contributed by atoms with Gasteiger partial charge in [-0.2, -0.15) is 0 Å². The summed E-state index contributed by atoms with van der Waals surface area (Å²) in [6, 6.07) is 6.17. The normalized spacial score (nSPS) is 16.5. The molecule has 1 aromatic carbocycles. The third-order valence-electron chi connectivity index (χ3n) is 6.05. The lowest BCUT2D eigenvalue weighted by molar-refractivity contribution is -0.130. The molecule has 1 amide bonds. The average molecular weight is 460 g/mol. The van der Waals surface area contributed by atoms with Crippen molar-refractivity contribution in [3.05, 3.63) is 33.8 Å². The Morgan fingerprint density at radius 2 is 1.78 bits per heavy atom. The van der Waals surface area contributed by atoms with E-state index in [2.05, 4.69) is 22.0 Å². The lowest BCUT2D eigenvalue weighted by atomic mass is 10.2. The van der Waals surface area contributed by atoms with Gasteiger partial charge in [-0.05, 0) is 51.7 Å². The third-order valence-corrected chi connectivity index (χ3v) is 7.12. The number of benzene rings is 1. The number of nitrogens with zero attached hydrogens (tertiary/aromatic N) is 3. The van der Waals surface area contributed by atoms with Crippen molar-refractivity contribution >= 4 is 22.9 Å². The molecule has 1 saturated carbocycles. The Labute approximate surface area is 196 Å². The van der Waals surface area contributed by atoms with Gasteiger partial charge >= 0.3 is 0 Å². The fraction of sp³-hybridized carbons (Fsp3) is 0.600. The lowest BCUT2D eigenvalue weighted by Crippen LogP contribution is -2.49. The van der Waals surface area contributed by atoms with E-state index in [0.29, 0.717) is 12.5 Å². The lowest BCUT2D eigenvalue weighted by Gasteiger charge is -2.36. The summed E-state index contributed by atoms with van der Waals surface area (Å²) < 4.78 is 11.8. The molecule has 1 saturated heterocycles. The number of ether oxygens (including phenoxy) is 2.